The normalized spacial score (nSPS) is 24.9. The molecule has 2 atom stereocenters. The van der Waals surface area contributed by atoms with E-state index in [1.165, 1.54) is 4.90 Å². The van der Waals surface area contributed by atoms with Gasteiger partial charge in [-0.15, -0.1) is 13.2 Å². The Morgan fingerprint density at radius 2 is 2.00 bits per heavy atom. The molecule has 1 aliphatic rings. The zero-order chi connectivity index (χ0) is 15.5. The van der Waals surface area contributed by atoms with Crippen LogP contribution in [0.2, 0.25) is 0 Å². The minimum Gasteiger partial charge on any atom is -0.344 e. The number of alkyl halides is 3. The predicted molar refractivity (Wildman–Crippen MR) is 64.6 cm³/mol. The molecule has 0 aromatic carbocycles. The minimum absolute atomic E-state index is 0.0704. The van der Waals surface area contributed by atoms with E-state index in [9.17, 15) is 22.8 Å². The van der Waals surface area contributed by atoms with Gasteiger partial charge in [-0.05, 0) is 12.8 Å². The van der Waals surface area contributed by atoms with Crippen molar-refractivity contribution in [2.24, 2.45) is 5.92 Å². The zero-order valence-electron chi connectivity index (χ0n) is 11.7. The molecule has 0 bridgehead atoms. The first-order valence-electron chi connectivity index (χ1n) is 6.42. The van der Waals surface area contributed by atoms with Gasteiger partial charge in [0.2, 0.25) is 11.8 Å². The van der Waals surface area contributed by atoms with Crippen molar-refractivity contribution in [2.45, 2.75) is 45.6 Å². The van der Waals surface area contributed by atoms with Crippen molar-refractivity contribution >= 4 is 11.8 Å². The third kappa shape index (κ3) is 4.66. The number of hydrogen-bond acceptors (Lipinski definition) is 3. The van der Waals surface area contributed by atoms with Gasteiger partial charge < -0.3 is 10.2 Å². The number of halogens is 3. The lowest BCUT2D eigenvalue weighted by Gasteiger charge is -2.29. The summed E-state index contributed by atoms with van der Waals surface area (Å²) < 4.78 is 39.6. The van der Waals surface area contributed by atoms with Crippen molar-refractivity contribution in [1.29, 1.82) is 0 Å². The van der Waals surface area contributed by atoms with Gasteiger partial charge in [-0.1, -0.05) is 13.8 Å². The van der Waals surface area contributed by atoms with Crippen LogP contribution in [0.1, 0.15) is 27.2 Å². The second-order valence-electron chi connectivity index (χ2n) is 5.17. The van der Waals surface area contributed by atoms with Crippen molar-refractivity contribution in [3.05, 3.63) is 0 Å². The van der Waals surface area contributed by atoms with Crippen molar-refractivity contribution < 1.29 is 27.5 Å². The maximum absolute atomic E-state index is 12.3. The lowest BCUT2D eigenvalue weighted by atomic mass is 10.0. The first-order chi connectivity index (χ1) is 9.11. The minimum atomic E-state index is -4.72. The molecular formula is C12H19F3N2O3. The second kappa shape index (κ2) is 6.43. The van der Waals surface area contributed by atoms with Gasteiger partial charge in [0.15, 0.2) is 0 Å². The Morgan fingerprint density at radius 3 is 2.50 bits per heavy atom. The van der Waals surface area contributed by atoms with E-state index in [4.69, 9.17) is 0 Å². The molecule has 20 heavy (non-hydrogen) atoms. The summed E-state index contributed by atoms with van der Waals surface area (Å²) in [6.07, 6.45) is -4.65. The Kier molecular flexibility index (Phi) is 5.38. The van der Waals surface area contributed by atoms with Crippen LogP contribution >= 0.6 is 0 Å². The third-order valence-electron chi connectivity index (χ3n) is 3.14. The second-order valence-corrected chi connectivity index (χ2v) is 5.17. The zero-order valence-corrected chi connectivity index (χ0v) is 11.7. The highest BCUT2D eigenvalue weighted by atomic mass is 19.4. The van der Waals surface area contributed by atoms with Crippen LogP contribution in [-0.2, 0) is 14.3 Å². The Hall–Kier alpha value is -1.31. The number of amides is 2. The molecule has 1 heterocycles. The summed E-state index contributed by atoms with van der Waals surface area (Å²) in [5.41, 5.74) is 0. The molecule has 5 nitrogen and oxygen atoms in total. The molecule has 2 amide bonds. The van der Waals surface area contributed by atoms with Gasteiger partial charge in [-0.3, -0.25) is 14.3 Å². The molecule has 0 spiro atoms. The van der Waals surface area contributed by atoms with Gasteiger partial charge in [0.05, 0.1) is 6.61 Å². The molecule has 0 radical (unpaired) electrons. The van der Waals surface area contributed by atoms with Gasteiger partial charge in [-0.25, -0.2) is 0 Å². The van der Waals surface area contributed by atoms with Crippen molar-refractivity contribution in [3.63, 3.8) is 0 Å². The van der Waals surface area contributed by atoms with E-state index >= 15 is 0 Å². The van der Waals surface area contributed by atoms with E-state index in [1.807, 2.05) is 0 Å². The number of hydrogen-bond donors (Lipinski definition) is 1. The lowest BCUT2D eigenvalue weighted by molar-refractivity contribution is -0.325. The van der Waals surface area contributed by atoms with Crippen LogP contribution in [0.3, 0.4) is 0 Å². The predicted octanol–water partition coefficient (Wildman–Crippen LogP) is 1.28. The molecule has 2 unspecified atom stereocenters. The van der Waals surface area contributed by atoms with Gasteiger partial charge in [0.25, 0.3) is 0 Å². The van der Waals surface area contributed by atoms with Gasteiger partial charge >= 0.3 is 6.36 Å². The van der Waals surface area contributed by atoms with Crippen molar-refractivity contribution in [2.75, 3.05) is 13.2 Å². The highest BCUT2D eigenvalue weighted by Gasteiger charge is 2.36. The molecule has 8 heteroatoms. The number of nitrogens with zero attached hydrogens (tertiary/aromatic N) is 1. The van der Waals surface area contributed by atoms with Crippen molar-refractivity contribution in [1.82, 2.24) is 10.2 Å². The molecule has 0 aliphatic carbocycles. The molecule has 1 saturated heterocycles. The molecule has 0 aromatic rings. The summed E-state index contributed by atoms with van der Waals surface area (Å²) in [5, 5.41) is 2.60. The van der Waals surface area contributed by atoms with E-state index in [-0.39, 0.29) is 30.7 Å². The van der Waals surface area contributed by atoms with E-state index < -0.39 is 25.1 Å². The molecule has 0 saturated carbocycles. The first kappa shape index (κ1) is 16.7. The maximum Gasteiger partial charge on any atom is 0.522 e. The summed E-state index contributed by atoms with van der Waals surface area (Å²) in [6, 6.07) is -1.17. The number of carbonyl (C=O) groups excluding carboxylic acids is 2. The van der Waals surface area contributed by atoms with E-state index in [0.29, 0.717) is 0 Å². The quantitative estimate of drug-likeness (QED) is 0.850. The van der Waals surface area contributed by atoms with Crippen molar-refractivity contribution in [3.8, 4) is 0 Å². The largest absolute Gasteiger partial charge is 0.522 e. The Balaban J connectivity index is 2.74. The van der Waals surface area contributed by atoms with Gasteiger partial charge in [0, 0.05) is 19.0 Å². The highest BCUT2D eigenvalue weighted by Crippen LogP contribution is 2.18. The Morgan fingerprint density at radius 1 is 1.40 bits per heavy atom. The van der Waals surface area contributed by atoms with Crippen LogP contribution in [0.15, 0.2) is 0 Å². The molecule has 0 aromatic heterocycles. The number of ether oxygens (including phenoxy) is 1. The number of nitrogens with one attached hydrogen (secondary N) is 1. The Bertz CT molecular complexity index is 371. The molecular weight excluding hydrogens is 277 g/mol. The Labute approximate surface area is 115 Å². The summed E-state index contributed by atoms with van der Waals surface area (Å²) in [7, 11) is 0. The average molecular weight is 296 g/mol. The monoisotopic (exact) mass is 296 g/mol. The van der Waals surface area contributed by atoms with E-state index in [2.05, 4.69) is 10.1 Å². The van der Waals surface area contributed by atoms with Crippen LogP contribution in [0.25, 0.3) is 0 Å². The van der Waals surface area contributed by atoms with Crippen LogP contribution in [0.4, 0.5) is 13.2 Å². The van der Waals surface area contributed by atoms with Crippen LogP contribution in [0, 0.1) is 5.92 Å². The molecule has 1 rings (SSSR count). The van der Waals surface area contributed by atoms with Gasteiger partial charge in [-0.2, -0.15) is 0 Å². The summed E-state index contributed by atoms with van der Waals surface area (Å²) >= 11 is 0. The summed E-state index contributed by atoms with van der Waals surface area (Å²) in [6.45, 7) is 4.33. The summed E-state index contributed by atoms with van der Waals surface area (Å²) in [4.78, 5) is 25.2. The SMILES string of the molecule is CC(C)C1NC(=O)CC(C)N(CCOC(F)(F)F)C1=O. The molecule has 116 valence electrons. The first-order valence-corrected chi connectivity index (χ1v) is 6.42. The highest BCUT2D eigenvalue weighted by molar-refractivity contribution is 5.90. The molecule has 1 N–H and O–H groups in total. The molecule has 1 aliphatic heterocycles. The smallest absolute Gasteiger partial charge is 0.344 e. The standard InChI is InChI=1S/C12H19F3N2O3/c1-7(2)10-11(19)17(4-5-20-12(13,14)15)8(3)6-9(18)16-10/h7-8,10H,4-6H2,1-3H3,(H,16,18). The topological polar surface area (TPSA) is 58.6 Å². The average Bonchev–Trinajstić information content (AvgIpc) is 2.37. The fourth-order valence-corrected chi connectivity index (χ4v) is 2.11. The van der Waals surface area contributed by atoms with Crippen LogP contribution < -0.4 is 5.32 Å². The fraction of sp³-hybridized carbons (Fsp3) is 0.833. The van der Waals surface area contributed by atoms with Crippen LogP contribution in [-0.4, -0.2) is 48.3 Å². The van der Waals surface area contributed by atoms with Crippen LogP contribution in [0.5, 0.6) is 0 Å². The van der Waals surface area contributed by atoms with E-state index in [0.717, 1.165) is 0 Å². The molecule has 1 fully saturated rings. The lowest BCUT2D eigenvalue weighted by Crippen LogP contribution is -2.50. The fourth-order valence-electron chi connectivity index (χ4n) is 2.11. The number of carbonyl (C=O) groups is 2. The number of rotatable bonds is 4. The maximum atomic E-state index is 12.3. The summed E-state index contributed by atoms with van der Waals surface area (Å²) in [5.74, 6) is -0.782. The third-order valence-corrected chi connectivity index (χ3v) is 3.14. The van der Waals surface area contributed by atoms with E-state index in [1.54, 1.807) is 20.8 Å². The van der Waals surface area contributed by atoms with Gasteiger partial charge in [0.1, 0.15) is 6.04 Å².